The van der Waals surface area contributed by atoms with Crippen LogP contribution in [-0.4, -0.2) is 25.8 Å². The van der Waals surface area contributed by atoms with Crippen LogP contribution in [-0.2, 0) is 4.79 Å². The van der Waals surface area contributed by atoms with Crippen molar-refractivity contribution in [1.29, 1.82) is 0 Å². The van der Waals surface area contributed by atoms with Gasteiger partial charge in [-0.05, 0) is 12.1 Å². The molecule has 0 aliphatic heterocycles. The second-order valence-electron chi connectivity index (χ2n) is 4.23. The molecule has 0 aliphatic rings. The van der Waals surface area contributed by atoms with E-state index in [1.165, 1.54) is 12.4 Å². The van der Waals surface area contributed by atoms with Crippen molar-refractivity contribution >= 4 is 23.0 Å². The highest BCUT2D eigenvalue weighted by molar-refractivity contribution is 5.95. The maximum Gasteiger partial charge on any atom is 0.241 e. The number of nitrogens with zero attached hydrogens (tertiary/aromatic N) is 3. The van der Waals surface area contributed by atoms with Gasteiger partial charge in [-0.2, -0.15) is 0 Å². The Morgan fingerprint density at radius 2 is 2.00 bits per heavy atom. The van der Waals surface area contributed by atoms with E-state index in [4.69, 9.17) is 5.73 Å². The lowest BCUT2D eigenvalue weighted by Crippen LogP contribution is -2.04. The van der Waals surface area contributed by atoms with Gasteiger partial charge in [0.05, 0.1) is 0 Å². The van der Waals surface area contributed by atoms with Crippen molar-refractivity contribution in [3.63, 3.8) is 0 Å². The molecule has 0 unspecified atom stereocenters. The SMILES string of the molecule is NC(=O)C=Cc1c[nH]c2ncc(-c3cncnc3)cc12. The van der Waals surface area contributed by atoms with E-state index in [9.17, 15) is 4.79 Å². The first-order valence-corrected chi connectivity index (χ1v) is 5.94. The highest BCUT2D eigenvalue weighted by Crippen LogP contribution is 2.24. The second-order valence-corrected chi connectivity index (χ2v) is 4.23. The minimum atomic E-state index is -0.486. The number of rotatable bonds is 3. The van der Waals surface area contributed by atoms with Crippen LogP contribution in [0.4, 0.5) is 0 Å². The molecule has 0 radical (unpaired) electrons. The molecule has 1 amide bonds. The van der Waals surface area contributed by atoms with E-state index in [2.05, 4.69) is 19.9 Å². The maximum atomic E-state index is 10.8. The first-order valence-electron chi connectivity index (χ1n) is 5.94. The van der Waals surface area contributed by atoms with E-state index < -0.39 is 5.91 Å². The van der Waals surface area contributed by atoms with Gasteiger partial charge >= 0.3 is 0 Å². The van der Waals surface area contributed by atoms with Crippen LogP contribution in [0.15, 0.2) is 43.3 Å². The number of primary amides is 1. The van der Waals surface area contributed by atoms with Gasteiger partial charge in [-0.1, -0.05) is 0 Å². The van der Waals surface area contributed by atoms with Crippen molar-refractivity contribution in [1.82, 2.24) is 19.9 Å². The number of nitrogens with one attached hydrogen (secondary N) is 1. The number of carbonyl (C=O) groups excluding carboxylic acids is 1. The molecule has 0 atom stereocenters. The Kier molecular flexibility index (Phi) is 2.96. The molecule has 20 heavy (non-hydrogen) atoms. The number of pyridine rings is 1. The van der Waals surface area contributed by atoms with Crippen molar-refractivity contribution < 1.29 is 4.79 Å². The van der Waals surface area contributed by atoms with Gasteiger partial charge in [0.25, 0.3) is 0 Å². The number of H-pyrrole nitrogens is 1. The molecule has 0 saturated heterocycles. The summed E-state index contributed by atoms with van der Waals surface area (Å²) in [6.07, 6.45) is 11.4. The van der Waals surface area contributed by atoms with Gasteiger partial charge in [-0.3, -0.25) is 4.79 Å². The van der Waals surface area contributed by atoms with Crippen LogP contribution in [0.1, 0.15) is 5.56 Å². The van der Waals surface area contributed by atoms with E-state index in [1.807, 2.05) is 6.07 Å². The van der Waals surface area contributed by atoms with Crippen LogP contribution in [0.3, 0.4) is 0 Å². The first kappa shape index (κ1) is 12.0. The predicted molar refractivity (Wildman–Crippen MR) is 75.3 cm³/mol. The van der Waals surface area contributed by atoms with Gasteiger partial charge < -0.3 is 10.7 Å². The van der Waals surface area contributed by atoms with Gasteiger partial charge in [0.2, 0.25) is 5.91 Å². The topological polar surface area (TPSA) is 97.6 Å². The van der Waals surface area contributed by atoms with Crippen LogP contribution in [0.2, 0.25) is 0 Å². The van der Waals surface area contributed by atoms with Crippen LogP contribution < -0.4 is 5.73 Å². The monoisotopic (exact) mass is 265 g/mol. The average molecular weight is 265 g/mol. The summed E-state index contributed by atoms with van der Waals surface area (Å²) < 4.78 is 0. The summed E-state index contributed by atoms with van der Waals surface area (Å²) in [4.78, 5) is 26.2. The molecule has 0 saturated carbocycles. The molecule has 0 spiro atoms. The lowest BCUT2D eigenvalue weighted by atomic mass is 10.1. The van der Waals surface area contributed by atoms with Crippen LogP contribution in [0.5, 0.6) is 0 Å². The third-order valence-electron chi connectivity index (χ3n) is 2.88. The molecule has 6 nitrogen and oxygen atoms in total. The first-order chi connectivity index (χ1) is 9.74. The van der Waals surface area contributed by atoms with Crippen molar-refractivity contribution in [2.45, 2.75) is 0 Å². The second kappa shape index (κ2) is 4.93. The number of hydrogen-bond acceptors (Lipinski definition) is 4. The summed E-state index contributed by atoms with van der Waals surface area (Å²) in [5.74, 6) is -0.486. The Balaban J connectivity index is 2.10. The molecule has 3 heterocycles. The third kappa shape index (κ3) is 2.26. The lowest BCUT2D eigenvalue weighted by molar-refractivity contribution is -0.113. The molecule has 3 rings (SSSR count). The molecule has 0 aromatic carbocycles. The van der Waals surface area contributed by atoms with Crippen molar-refractivity contribution in [2.24, 2.45) is 5.73 Å². The minimum Gasteiger partial charge on any atom is -0.366 e. The van der Waals surface area contributed by atoms with Crippen LogP contribution in [0.25, 0.3) is 28.2 Å². The largest absolute Gasteiger partial charge is 0.366 e. The molecular weight excluding hydrogens is 254 g/mol. The normalized spacial score (nSPS) is 11.2. The zero-order chi connectivity index (χ0) is 13.9. The molecule has 3 N–H and O–H groups in total. The van der Waals surface area contributed by atoms with Gasteiger partial charge in [0, 0.05) is 52.9 Å². The van der Waals surface area contributed by atoms with Gasteiger partial charge in [-0.25, -0.2) is 15.0 Å². The number of carbonyl (C=O) groups is 1. The molecular formula is C14H11N5O. The fourth-order valence-electron chi connectivity index (χ4n) is 1.94. The maximum absolute atomic E-state index is 10.8. The Hall–Kier alpha value is -3.02. The number of nitrogens with two attached hydrogens (primary N) is 1. The molecule has 0 bridgehead atoms. The Morgan fingerprint density at radius 1 is 1.20 bits per heavy atom. The van der Waals surface area contributed by atoms with Crippen molar-refractivity contribution in [3.05, 3.63) is 48.8 Å². The zero-order valence-corrected chi connectivity index (χ0v) is 10.4. The van der Waals surface area contributed by atoms with Crippen molar-refractivity contribution in [2.75, 3.05) is 0 Å². The molecule has 0 fully saturated rings. The highest BCUT2D eigenvalue weighted by atomic mass is 16.1. The van der Waals surface area contributed by atoms with E-state index in [-0.39, 0.29) is 0 Å². The number of hydrogen-bond donors (Lipinski definition) is 2. The smallest absolute Gasteiger partial charge is 0.241 e. The van der Waals surface area contributed by atoms with Crippen molar-refractivity contribution in [3.8, 4) is 11.1 Å². The molecule has 3 aromatic rings. The molecule has 3 aromatic heterocycles. The van der Waals surface area contributed by atoms with Crippen LogP contribution in [0, 0.1) is 0 Å². The Bertz CT molecular complexity index is 792. The molecule has 6 heteroatoms. The quantitative estimate of drug-likeness (QED) is 0.701. The number of amides is 1. The predicted octanol–water partition coefficient (Wildman–Crippen LogP) is 1.52. The van der Waals surface area contributed by atoms with E-state index >= 15 is 0 Å². The fraction of sp³-hybridized carbons (Fsp3) is 0. The summed E-state index contributed by atoms with van der Waals surface area (Å²) in [6.45, 7) is 0. The minimum absolute atomic E-state index is 0.486. The number of aromatic nitrogens is 4. The molecule has 0 aliphatic carbocycles. The number of fused-ring (bicyclic) bond motifs is 1. The fourth-order valence-corrected chi connectivity index (χ4v) is 1.94. The summed E-state index contributed by atoms with van der Waals surface area (Å²) in [7, 11) is 0. The molecule has 98 valence electrons. The van der Waals surface area contributed by atoms with E-state index in [1.54, 1.807) is 30.9 Å². The summed E-state index contributed by atoms with van der Waals surface area (Å²) in [6, 6.07) is 1.97. The lowest BCUT2D eigenvalue weighted by Gasteiger charge is -2.00. The Labute approximate surface area is 114 Å². The Morgan fingerprint density at radius 3 is 2.75 bits per heavy atom. The average Bonchev–Trinajstić information content (AvgIpc) is 2.88. The van der Waals surface area contributed by atoms with Gasteiger partial charge in [0.1, 0.15) is 12.0 Å². The summed E-state index contributed by atoms with van der Waals surface area (Å²) >= 11 is 0. The summed E-state index contributed by atoms with van der Waals surface area (Å²) in [5, 5.41) is 0.906. The van der Waals surface area contributed by atoms with Gasteiger partial charge in [0.15, 0.2) is 0 Å². The van der Waals surface area contributed by atoms with E-state index in [0.717, 1.165) is 27.7 Å². The number of aromatic amines is 1. The summed E-state index contributed by atoms with van der Waals surface area (Å²) in [5.41, 5.74) is 8.49. The van der Waals surface area contributed by atoms with E-state index in [0.29, 0.717) is 0 Å². The zero-order valence-electron chi connectivity index (χ0n) is 10.4. The standard InChI is InChI=1S/C14H11N5O/c15-13(20)2-1-9-6-18-14-12(9)3-10(7-19-14)11-4-16-8-17-5-11/h1-8H,(H2,15,20)(H,18,19). The highest BCUT2D eigenvalue weighted by Gasteiger charge is 2.06. The van der Waals surface area contributed by atoms with Gasteiger partial charge in [-0.15, -0.1) is 0 Å². The third-order valence-corrected chi connectivity index (χ3v) is 2.88. The van der Waals surface area contributed by atoms with Crippen LogP contribution >= 0.6 is 0 Å².